The van der Waals surface area contributed by atoms with Gasteiger partial charge in [-0.25, -0.2) is 0 Å². The van der Waals surface area contributed by atoms with Crippen LogP contribution in [0.2, 0.25) is 0 Å². The second-order valence-electron chi connectivity index (χ2n) is 3.13. The van der Waals surface area contributed by atoms with Crippen molar-refractivity contribution < 1.29 is 19.1 Å². The highest BCUT2D eigenvalue weighted by Crippen LogP contribution is 2.20. The predicted molar refractivity (Wildman–Crippen MR) is 44.9 cm³/mol. The van der Waals surface area contributed by atoms with Gasteiger partial charge in [0.1, 0.15) is 0 Å². The number of ether oxygens (including phenoxy) is 2. The van der Waals surface area contributed by atoms with Gasteiger partial charge in [0.2, 0.25) is 0 Å². The number of carbonyl (C=O) groups is 2. The number of hydrogen-bond donors (Lipinski definition) is 0. The van der Waals surface area contributed by atoms with Crippen molar-refractivity contribution in [1.82, 2.24) is 0 Å². The number of cyclic esters (lactones) is 1. The summed E-state index contributed by atoms with van der Waals surface area (Å²) in [6.45, 7) is 3.84. The molecule has 0 aromatic carbocycles. The summed E-state index contributed by atoms with van der Waals surface area (Å²) in [6.07, 6.45) is 1.20. The van der Waals surface area contributed by atoms with E-state index in [1.807, 2.05) is 6.92 Å². The fraction of sp³-hybridized carbons (Fsp3) is 0.778. The van der Waals surface area contributed by atoms with E-state index in [0.717, 1.165) is 6.42 Å². The van der Waals surface area contributed by atoms with Gasteiger partial charge in [0.05, 0.1) is 12.7 Å². The molecule has 74 valence electrons. The summed E-state index contributed by atoms with van der Waals surface area (Å²) in [4.78, 5) is 22.4. The molecular formula is C9H14O4. The summed E-state index contributed by atoms with van der Waals surface area (Å²) in [5.74, 6) is -1.60. The molecule has 2 atom stereocenters. The second kappa shape index (κ2) is 4.25. The lowest BCUT2D eigenvalue weighted by atomic mass is 9.98. The zero-order valence-corrected chi connectivity index (χ0v) is 7.91. The monoisotopic (exact) mass is 186 g/mol. The van der Waals surface area contributed by atoms with E-state index in [1.54, 1.807) is 6.92 Å². The van der Waals surface area contributed by atoms with Crippen molar-refractivity contribution in [1.29, 1.82) is 0 Å². The third kappa shape index (κ3) is 2.44. The van der Waals surface area contributed by atoms with Crippen molar-refractivity contribution in [3.05, 3.63) is 0 Å². The highest BCUT2D eigenvalue weighted by atomic mass is 16.6. The normalized spacial score (nSPS) is 28.0. The summed E-state index contributed by atoms with van der Waals surface area (Å²) in [7, 11) is 0. The topological polar surface area (TPSA) is 52.6 Å². The van der Waals surface area contributed by atoms with E-state index in [4.69, 9.17) is 9.47 Å². The van der Waals surface area contributed by atoms with Gasteiger partial charge in [-0.1, -0.05) is 0 Å². The number of carbonyl (C=O) groups excluding carboxylic acids is 2. The largest absolute Gasteiger partial charge is 0.465 e. The standard InChI is InChI=1S/C9H14O4/c1-3-12-8(10)7-5-4-6(2)13-9(7)11/h6-7H,3-5H2,1-2H3/t6-,7?/m1/s1. The number of esters is 2. The Kier molecular flexibility index (Phi) is 3.28. The summed E-state index contributed by atoms with van der Waals surface area (Å²) in [5.41, 5.74) is 0. The van der Waals surface area contributed by atoms with Gasteiger partial charge < -0.3 is 9.47 Å². The van der Waals surface area contributed by atoms with E-state index in [0.29, 0.717) is 13.0 Å². The van der Waals surface area contributed by atoms with E-state index in [1.165, 1.54) is 0 Å². The Hall–Kier alpha value is -1.06. The number of rotatable bonds is 2. The van der Waals surface area contributed by atoms with Crippen LogP contribution in [0.15, 0.2) is 0 Å². The van der Waals surface area contributed by atoms with Crippen molar-refractivity contribution in [2.75, 3.05) is 6.61 Å². The Morgan fingerprint density at radius 3 is 2.85 bits per heavy atom. The van der Waals surface area contributed by atoms with Crippen molar-refractivity contribution in [2.24, 2.45) is 5.92 Å². The molecular weight excluding hydrogens is 172 g/mol. The van der Waals surface area contributed by atoms with Gasteiger partial charge >= 0.3 is 11.9 Å². The average Bonchev–Trinajstić information content (AvgIpc) is 2.04. The van der Waals surface area contributed by atoms with Gasteiger partial charge in [-0.3, -0.25) is 9.59 Å². The molecule has 4 heteroatoms. The predicted octanol–water partition coefficient (Wildman–Crippen LogP) is 0.891. The minimum atomic E-state index is -0.698. The van der Waals surface area contributed by atoms with Gasteiger partial charge in [0, 0.05) is 0 Å². The third-order valence-electron chi connectivity index (χ3n) is 2.03. The highest BCUT2D eigenvalue weighted by molar-refractivity contribution is 5.95. The lowest BCUT2D eigenvalue weighted by Crippen LogP contribution is -2.35. The maximum atomic E-state index is 11.2. The molecule has 0 aromatic heterocycles. The summed E-state index contributed by atoms with van der Waals surface area (Å²) < 4.78 is 9.67. The molecule has 0 aliphatic carbocycles. The minimum absolute atomic E-state index is 0.0711. The Morgan fingerprint density at radius 2 is 2.31 bits per heavy atom. The smallest absolute Gasteiger partial charge is 0.320 e. The molecule has 1 heterocycles. The molecule has 13 heavy (non-hydrogen) atoms. The SMILES string of the molecule is CCOC(=O)C1CC[C@@H](C)OC1=O. The molecule has 1 fully saturated rings. The summed E-state index contributed by atoms with van der Waals surface area (Å²) in [6, 6.07) is 0. The van der Waals surface area contributed by atoms with Crippen LogP contribution in [0.1, 0.15) is 26.7 Å². The van der Waals surface area contributed by atoms with E-state index in [-0.39, 0.29) is 6.10 Å². The minimum Gasteiger partial charge on any atom is -0.465 e. The molecule has 4 nitrogen and oxygen atoms in total. The molecule has 0 amide bonds. The molecule has 0 radical (unpaired) electrons. The maximum absolute atomic E-state index is 11.2. The van der Waals surface area contributed by atoms with Crippen molar-refractivity contribution in [3.63, 3.8) is 0 Å². The molecule has 1 aliphatic heterocycles. The number of hydrogen-bond acceptors (Lipinski definition) is 4. The van der Waals surface area contributed by atoms with Gasteiger partial charge in [-0.15, -0.1) is 0 Å². The Morgan fingerprint density at radius 1 is 1.62 bits per heavy atom. The lowest BCUT2D eigenvalue weighted by Gasteiger charge is -2.24. The highest BCUT2D eigenvalue weighted by Gasteiger charge is 2.34. The van der Waals surface area contributed by atoms with Crippen LogP contribution in [-0.4, -0.2) is 24.6 Å². The molecule has 0 spiro atoms. The lowest BCUT2D eigenvalue weighted by molar-refractivity contribution is -0.170. The van der Waals surface area contributed by atoms with Crippen molar-refractivity contribution in [2.45, 2.75) is 32.8 Å². The van der Waals surface area contributed by atoms with E-state index >= 15 is 0 Å². The first kappa shape index (κ1) is 10.0. The molecule has 1 rings (SSSR count). The van der Waals surface area contributed by atoms with Crippen LogP contribution in [0, 0.1) is 5.92 Å². The van der Waals surface area contributed by atoms with Crippen LogP contribution in [0.3, 0.4) is 0 Å². The Balaban J connectivity index is 2.51. The Bertz CT molecular complexity index is 204. The first-order valence-electron chi connectivity index (χ1n) is 4.52. The molecule has 0 aromatic rings. The van der Waals surface area contributed by atoms with Crippen LogP contribution in [-0.2, 0) is 19.1 Å². The van der Waals surface area contributed by atoms with Gasteiger partial charge in [0.15, 0.2) is 5.92 Å². The maximum Gasteiger partial charge on any atom is 0.320 e. The molecule has 1 unspecified atom stereocenters. The third-order valence-corrected chi connectivity index (χ3v) is 2.03. The van der Waals surface area contributed by atoms with E-state index < -0.39 is 17.9 Å². The van der Waals surface area contributed by atoms with Gasteiger partial charge in [0.25, 0.3) is 0 Å². The molecule has 0 bridgehead atoms. The van der Waals surface area contributed by atoms with Crippen molar-refractivity contribution >= 4 is 11.9 Å². The van der Waals surface area contributed by atoms with Crippen LogP contribution in [0.4, 0.5) is 0 Å². The molecule has 1 aliphatic rings. The summed E-state index contributed by atoms with van der Waals surface area (Å²) >= 11 is 0. The fourth-order valence-corrected chi connectivity index (χ4v) is 1.32. The first-order valence-corrected chi connectivity index (χ1v) is 4.52. The van der Waals surface area contributed by atoms with E-state index in [2.05, 4.69) is 0 Å². The van der Waals surface area contributed by atoms with E-state index in [9.17, 15) is 9.59 Å². The zero-order chi connectivity index (χ0) is 9.84. The van der Waals surface area contributed by atoms with Crippen LogP contribution in [0.5, 0.6) is 0 Å². The molecule has 0 saturated carbocycles. The summed E-state index contributed by atoms with van der Waals surface area (Å²) in [5, 5.41) is 0. The second-order valence-corrected chi connectivity index (χ2v) is 3.13. The molecule has 0 N–H and O–H groups in total. The van der Waals surface area contributed by atoms with Crippen LogP contribution in [0.25, 0.3) is 0 Å². The van der Waals surface area contributed by atoms with Crippen molar-refractivity contribution in [3.8, 4) is 0 Å². The quantitative estimate of drug-likeness (QED) is 0.474. The van der Waals surface area contributed by atoms with Gasteiger partial charge in [-0.2, -0.15) is 0 Å². The van der Waals surface area contributed by atoms with Crippen LogP contribution < -0.4 is 0 Å². The zero-order valence-electron chi connectivity index (χ0n) is 7.91. The first-order chi connectivity index (χ1) is 6.15. The van der Waals surface area contributed by atoms with Gasteiger partial charge in [-0.05, 0) is 26.7 Å². The fourth-order valence-electron chi connectivity index (χ4n) is 1.32. The average molecular weight is 186 g/mol. The Labute approximate surface area is 77.2 Å². The molecule has 1 saturated heterocycles. The van der Waals surface area contributed by atoms with Crippen LogP contribution >= 0.6 is 0 Å².